The SMILES string of the molecule is Br.Br.CN(C)C(CCN)c1ccccc1. The molecule has 0 heterocycles. The smallest absolute Gasteiger partial charge is 0.0354 e. The van der Waals surface area contributed by atoms with Gasteiger partial charge >= 0.3 is 0 Å². The van der Waals surface area contributed by atoms with Crippen molar-refractivity contribution in [2.24, 2.45) is 5.73 Å². The lowest BCUT2D eigenvalue weighted by Gasteiger charge is -2.24. The molecule has 2 N–H and O–H groups in total. The van der Waals surface area contributed by atoms with Gasteiger partial charge in [0, 0.05) is 6.04 Å². The molecule has 0 saturated heterocycles. The van der Waals surface area contributed by atoms with Crippen LogP contribution in [0.15, 0.2) is 30.3 Å². The van der Waals surface area contributed by atoms with Crippen LogP contribution in [0.2, 0.25) is 0 Å². The Morgan fingerprint density at radius 1 is 1.13 bits per heavy atom. The second-order valence-electron chi connectivity index (χ2n) is 3.47. The molecular weight excluding hydrogens is 320 g/mol. The summed E-state index contributed by atoms with van der Waals surface area (Å²) in [5.74, 6) is 0. The van der Waals surface area contributed by atoms with E-state index < -0.39 is 0 Å². The van der Waals surface area contributed by atoms with Gasteiger partial charge in [0.1, 0.15) is 0 Å². The zero-order valence-corrected chi connectivity index (χ0v) is 12.6. The van der Waals surface area contributed by atoms with Gasteiger partial charge in [-0.2, -0.15) is 0 Å². The summed E-state index contributed by atoms with van der Waals surface area (Å²) in [6.45, 7) is 0.734. The minimum Gasteiger partial charge on any atom is -0.330 e. The Morgan fingerprint density at radius 2 is 1.67 bits per heavy atom. The summed E-state index contributed by atoms with van der Waals surface area (Å²) in [7, 11) is 4.18. The predicted octanol–water partition coefficient (Wildman–Crippen LogP) is 2.79. The molecule has 0 fully saturated rings. The Labute approximate surface area is 113 Å². The fourth-order valence-corrected chi connectivity index (χ4v) is 1.56. The van der Waals surface area contributed by atoms with Gasteiger partial charge in [-0.1, -0.05) is 30.3 Å². The van der Waals surface area contributed by atoms with Gasteiger partial charge in [0.2, 0.25) is 0 Å². The third-order valence-electron chi connectivity index (χ3n) is 2.25. The zero-order valence-electron chi connectivity index (χ0n) is 9.22. The van der Waals surface area contributed by atoms with E-state index in [0.29, 0.717) is 6.04 Å². The van der Waals surface area contributed by atoms with Gasteiger partial charge in [-0.3, -0.25) is 0 Å². The van der Waals surface area contributed by atoms with Crippen molar-refractivity contribution in [3.63, 3.8) is 0 Å². The van der Waals surface area contributed by atoms with Crippen LogP contribution in [0.1, 0.15) is 18.0 Å². The van der Waals surface area contributed by atoms with Gasteiger partial charge in [0.25, 0.3) is 0 Å². The Kier molecular flexibility index (Phi) is 10.9. The van der Waals surface area contributed by atoms with E-state index in [1.807, 2.05) is 6.07 Å². The molecule has 0 spiro atoms. The van der Waals surface area contributed by atoms with Crippen LogP contribution < -0.4 is 5.73 Å². The largest absolute Gasteiger partial charge is 0.330 e. The minimum absolute atomic E-state index is 0. The van der Waals surface area contributed by atoms with Crippen LogP contribution in [0.3, 0.4) is 0 Å². The number of hydrogen-bond donors (Lipinski definition) is 1. The lowest BCUT2D eigenvalue weighted by molar-refractivity contribution is 0.287. The fraction of sp³-hybridized carbons (Fsp3) is 0.455. The van der Waals surface area contributed by atoms with E-state index in [-0.39, 0.29) is 34.0 Å². The zero-order chi connectivity index (χ0) is 9.68. The summed E-state index contributed by atoms with van der Waals surface area (Å²) in [5.41, 5.74) is 6.92. The average molecular weight is 340 g/mol. The first-order valence-electron chi connectivity index (χ1n) is 4.67. The first-order chi connectivity index (χ1) is 6.25. The van der Waals surface area contributed by atoms with E-state index in [4.69, 9.17) is 5.73 Å². The predicted molar refractivity (Wildman–Crippen MR) is 77.2 cm³/mol. The maximum absolute atomic E-state index is 5.58. The summed E-state index contributed by atoms with van der Waals surface area (Å²) in [4.78, 5) is 2.21. The molecule has 1 aromatic carbocycles. The van der Waals surface area contributed by atoms with Gasteiger partial charge in [-0.05, 0) is 32.6 Å². The van der Waals surface area contributed by atoms with Crippen molar-refractivity contribution in [2.75, 3.05) is 20.6 Å². The van der Waals surface area contributed by atoms with Crippen LogP contribution in [0.4, 0.5) is 0 Å². The lowest BCUT2D eigenvalue weighted by Crippen LogP contribution is -2.22. The van der Waals surface area contributed by atoms with Crippen LogP contribution in [0, 0.1) is 0 Å². The molecule has 0 saturated carbocycles. The molecule has 0 aliphatic carbocycles. The highest BCUT2D eigenvalue weighted by molar-refractivity contribution is 8.93. The second kappa shape index (κ2) is 9.33. The molecule has 1 rings (SSSR count). The molecular formula is C11H20Br2N2. The molecule has 15 heavy (non-hydrogen) atoms. The highest BCUT2D eigenvalue weighted by Crippen LogP contribution is 2.20. The van der Waals surface area contributed by atoms with Crippen molar-refractivity contribution in [1.82, 2.24) is 4.90 Å². The third kappa shape index (κ3) is 5.66. The molecule has 88 valence electrons. The monoisotopic (exact) mass is 338 g/mol. The van der Waals surface area contributed by atoms with Crippen molar-refractivity contribution in [1.29, 1.82) is 0 Å². The first kappa shape index (κ1) is 17.5. The van der Waals surface area contributed by atoms with Crippen molar-refractivity contribution in [3.05, 3.63) is 35.9 Å². The van der Waals surface area contributed by atoms with Crippen LogP contribution >= 0.6 is 34.0 Å². The standard InChI is InChI=1S/C11H18N2.2BrH/c1-13(2)11(8-9-12)10-6-4-3-5-7-10;;/h3-7,11H,8-9,12H2,1-2H3;2*1H. The van der Waals surface area contributed by atoms with Crippen molar-refractivity contribution in [2.45, 2.75) is 12.5 Å². The van der Waals surface area contributed by atoms with Gasteiger partial charge in [-0.25, -0.2) is 0 Å². The molecule has 0 radical (unpaired) electrons. The number of rotatable bonds is 4. The number of benzene rings is 1. The molecule has 0 bridgehead atoms. The molecule has 0 aliphatic rings. The van der Waals surface area contributed by atoms with Gasteiger partial charge in [-0.15, -0.1) is 34.0 Å². The molecule has 0 aromatic heterocycles. The van der Waals surface area contributed by atoms with E-state index in [2.05, 4.69) is 43.3 Å². The van der Waals surface area contributed by atoms with Crippen LogP contribution in [-0.4, -0.2) is 25.5 Å². The summed E-state index contributed by atoms with van der Waals surface area (Å²) in [6, 6.07) is 10.9. The number of hydrogen-bond acceptors (Lipinski definition) is 2. The molecule has 0 aliphatic heterocycles. The third-order valence-corrected chi connectivity index (χ3v) is 2.25. The highest BCUT2D eigenvalue weighted by atomic mass is 79.9. The summed E-state index contributed by atoms with van der Waals surface area (Å²) in [5, 5.41) is 0. The van der Waals surface area contributed by atoms with Crippen molar-refractivity contribution >= 4 is 34.0 Å². The molecule has 1 aromatic rings. The van der Waals surface area contributed by atoms with Crippen molar-refractivity contribution < 1.29 is 0 Å². The van der Waals surface area contributed by atoms with E-state index in [9.17, 15) is 0 Å². The second-order valence-corrected chi connectivity index (χ2v) is 3.47. The molecule has 0 amide bonds. The maximum Gasteiger partial charge on any atom is 0.0354 e. The Morgan fingerprint density at radius 3 is 2.07 bits per heavy atom. The first-order valence-corrected chi connectivity index (χ1v) is 4.67. The van der Waals surface area contributed by atoms with Gasteiger partial charge in [0.15, 0.2) is 0 Å². The number of nitrogens with two attached hydrogens (primary N) is 1. The average Bonchev–Trinajstić information content (AvgIpc) is 2.15. The Bertz CT molecular complexity index is 240. The topological polar surface area (TPSA) is 29.3 Å². The quantitative estimate of drug-likeness (QED) is 0.913. The lowest BCUT2D eigenvalue weighted by atomic mass is 10.0. The van der Waals surface area contributed by atoms with Crippen molar-refractivity contribution in [3.8, 4) is 0 Å². The Hall–Kier alpha value is 0.1000. The highest BCUT2D eigenvalue weighted by Gasteiger charge is 2.11. The minimum atomic E-state index is 0. The maximum atomic E-state index is 5.58. The van der Waals surface area contributed by atoms with Crippen LogP contribution in [0.25, 0.3) is 0 Å². The van der Waals surface area contributed by atoms with Gasteiger partial charge in [0.05, 0.1) is 0 Å². The number of nitrogens with zero attached hydrogens (tertiary/aromatic N) is 1. The fourth-order valence-electron chi connectivity index (χ4n) is 1.56. The van der Waals surface area contributed by atoms with E-state index in [1.165, 1.54) is 5.56 Å². The summed E-state index contributed by atoms with van der Waals surface area (Å²) >= 11 is 0. The van der Waals surface area contributed by atoms with Gasteiger partial charge < -0.3 is 10.6 Å². The van der Waals surface area contributed by atoms with E-state index in [0.717, 1.165) is 13.0 Å². The van der Waals surface area contributed by atoms with Crippen LogP contribution in [-0.2, 0) is 0 Å². The Balaban J connectivity index is 0. The van der Waals surface area contributed by atoms with E-state index in [1.54, 1.807) is 0 Å². The van der Waals surface area contributed by atoms with E-state index >= 15 is 0 Å². The normalized spacial score (nSPS) is 11.5. The molecule has 1 unspecified atom stereocenters. The summed E-state index contributed by atoms with van der Waals surface area (Å²) in [6.07, 6.45) is 1.01. The number of halogens is 2. The molecule has 2 nitrogen and oxygen atoms in total. The molecule has 1 atom stereocenters. The molecule has 4 heteroatoms. The van der Waals surface area contributed by atoms with Crippen LogP contribution in [0.5, 0.6) is 0 Å². The summed E-state index contributed by atoms with van der Waals surface area (Å²) < 4.78 is 0.